The zero-order chi connectivity index (χ0) is 14.8. The Labute approximate surface area is 123 Å². The van der Waals surface area contributed by atoms with Gasteiger partial charge in [-0.1, -0.05) is 6.07 Å². The van der Waals surface area contributed by atoms with E-state index < -0.39 is 0 Å². The number of carbonyl (C=O) groups is 1. The van der Waals surface area contributed by atoms with Gasteiger partial charge in [0.1, 0.15) is 12.4 Å². The van der Waals surface area contributed by atoms with Gasteiger partial charge in [0, 0.05) is 24.7 Å². The third-order valence-electron chi connectivity index (χ3n) is 3.65. The molecule has 0 radical (unpaired) electrons. The Bertz CT molecular complexity index is 676. The molecule has 2 heterocycles. The second-order valence-corrected chi connectivity index (χ2v) is 5.25. The molecule has 0 saturated carbocycles. The van der Waals surface area contributed by atoms with E-state index in [1.54, 1.807) is 0 Å². The third-order valence-corrected chi connectivity index (χ3v) is 3.65. The number of nitrogens with one attached hydrogen (secondary N) is 1. The summed E-state index contributed by atoms with van der Waals surface area (Å²) in [6.07, 6.45) is 1.35. The molecule has 0 fully saturated rings. The molecule has 1 aromatic carbocycles. The fourth-order valence-corrected chi connectivity index (χ4v) is 2.59. The highest BCUT2D eigenvalue weighted by molar-refractivity contribution is 5.94. The first-order chi connectivity index (χ1) is 10.2. The summed E-state index contributed by atoms with van der Waals surface area (Å²) in [5.41, 5.74) is 4.07. The molecule has 3 rings (SSSR count). The van der Waals surface area contributed by atoms with Crippen LogP contribution >= 0.6 is 0 Å². The van der Waals surface area contributed by atoms with Crippen molar-refractivity contribution in [3.8, 4) is 5.75 Å². The number of benzene rings is 1. The zero-order valence-corrected chi connectivity index (χ0v) is 12.3. The Morgan fingerprint density at radius 3 is 3.00 bits per heavy atom. The van der Waals surface area contributed by atoms with Crippen LogP contribution in [-0.4, -0.2) is 15.7 Å². The van der Waals surface area contributed by atoms with Crippen molar-refractivity contribution in [2.24, 2.45) is 0 Å². The number of aryl methyl sites for hydroxylation is 3. The number of aromatic nitrogens is 2. The fourth-order valence-electron chi connectivity index (χ4n) is 2.59. The summed E-state index contributed by atoms with van der Waals surface area (Å²) in [5, 5.41) is 7.29. The smallest absolute Gasteiger partial charge is 0.224 e. The molecule has 0 saturated heterocycles. The van der Waals surface area contributed by atoms with Gasteiger partial charge < -0.3 is 10.1 Å². The zero-order valence-electron chi connectivity index (χ0n) is 12.3. The van der Waals surface area contributed by atoms with Crippen LogP contribution in [0.4, 0.5) is 5.69 Å². The first-order valence-electron chi connectivity index (χ1n) is 7.24. The monoisotopic (exact) mass is 285 g/mol. The van der Waals surface area contributed by atoms with Crippen LogP contribution in [0.2, 0.25) is 0 Å². The van der Waals surface area contributed by atoms with E-state index in [-0.39, 0.29) is 5.91 Å². The molecule has 21 heavy (non-hydrogen) atoms. The summed E-state index contributed by atoms with van der Waals surface area (Å²) >= 11 is 0. The summed E-state index contributed by atoms with van der Waals surface area (Å²) in [5.74, 6) is 0.830. The molecule has 0 spiro atoms. The maximum Gasteiger partial charge on any atom is 0.224 e. The van der Waals surface area contributed by atoms with Gasteiger partial charge in [-0.05, 0) is 38.0 Å². The minimum atomic E-state index is 0.0688. The summed E-state index contributed by atoms with van der Waals surface area (Å²) in [6.45, 7) is 5.34. The Kier molecular flexibility index (Phi) is 3.64. The topological polar surface area (TPSA) is 56.1 Å². The van der Waals surface area contributed by atoms with Crippen molar-refractivity contribution in [2.45, 2.75) is 39.8 Å². The molecule has 1 aliphatic heterocycles. The number of nitrogens with zero attached hydrogens (tertiary/aromatic N) is 2. The fraction of sp³-hybridized carbons (Fsp3) is 0.375. The van der Waals surface area contributed by atoms with Gasteiger partial charge >= 0.3 is 0 Å². The predicted molar refractivity (Wildman–Crippen MR) is 80.4 cm³/mol. The van der Waals surface area contributed by atoms with Gasteiger partial charge in [-0.25, -0.2) is 0 Å². The lowest BCUT2D eigenvalue weighted by Gasteiger charge is -2.17. The van der Waals surface area contributed by atoms with E-state index in [0.29, 0.717) is 13.0 Å². The molecule has 0 aliphatic carbocycles. The maximum atomic E-state index is 11.4. The number of hydrogen-bond donors (Lipinski definition) is 1. The van der Waals surface area contributed by atoms with Crippen molar-refractivity contribution < 1.29 is 9.53 Å². The molecule has 1 aromatic heterocycles. The minimum Gasteiger partial charge on any atom is -0.487 e. The van der Waals surface area contributed by atoms with Crippen molar-refractivity contribution in [1.29, 1.82) is 0 Å². The molecule has 0 unspecified atom stereocenters. The second-order valence-electron chi connectivity index (χ2n) is 5.25. The van der Waals surface area contributed by atoms with Crippen molar-refractivity contribution in [3.05, 3.63) is 41.2 Å². The van der Waals surface area contributed by atoms with Crippen LogP contribution in [-0.2, 0) is 24.4 Å². The molecule has 1 aliphatic rings. The average Bonchev–Trinajstić information content (AvgIpc) is 2.84. The van der Waals surface area contributed by atoms with E-state index in [1.165, 1.54) is 0 Å². The SMILES string of the molecule is CCn1nc(C)cc1COc1ccc2c(c1)NC(=O)CC2. The second kappa shape index (κ2) is 5.60. The third kappa shape index (κ3) is 2.91. The Morgan fingerprint density at radius 2 is 2.19 bits per heavy atom. The molecule has 5 heteroatoms. The minimum absolute atomic E-state index is 0.0688. The van der Waals surface area contributed by atoms with E-state index >= 15 is 0 Å². The number of fused-ring (bicyclic) bond motifs is 1. The number of amides is 1. The normalized spacial score (nSPS) is 13.7. The molecular formula is C16H19N3O2. The van der Waals surface area contributed by atoms with Gasteiger partial charge in [0.2, 0.25) is 5.91 Å². The van der Waals surface area contributed by atoms with Crippen molar-refractivity contribution >= 4 is 11.6 Å². The van der Waals surface area contributed by atoms with E-state index in [9.17, 15) is 4.79 Å². The molecule has 2 aromatic rings. The van der Waals surface area contributed by atoms with Crippen LogP contribution in [0.1, 0.15) is 30.3 Å². The molecule has 0 bridgehead atoms. The molecule has 0 atom stereocenters. The summed E-state index contributed by atoms with van der Waals surface area (Å²) in [7, 11) is 0. The lowest BCUT2D eigenvalue weighted by atomic mass is 10.0. The van der Waals surface area contributed by atoms with Crippen LogP contribution in [0.25, 0.3) is 0 Å². The summed E-state index contributed by atoms with van der Waals surface area (Å²) in [4.78, 5) is 11.4. The highest BCUT2D eigenvalue weighted by Gasteiger charge is 2.15. The maximum absolute atomic E-state index is 11.4. The van der Waals surface area contributed by atoms with E-state index in [4.69, 9.17) is 4.74 Å². The highest BCUT2D eigenvalue weighted by atomic mass is 16.5. The number of carbonyl (C=O) groups excluding carboxylic acids is 1. The first-order valence-corrected chi connectivity index (χ1v) is 7.24. The molecule has 110 valence electrons. The molecule has 1 amide bonds. The lowest BCUT2D eigenvalue weighted by Crippen LogP contribution is -2.18. The van der Waals surface area contributed by atoms with Crippen LogP contribution < -0.4 is 10.1 Å². The largest absolute Gasteiger partial charge is 0.487 e. The van der Waals surface area contributed by atoms with Gasteiger partial charge in [0.25, 0.3) is 0 Å². The van der Waals surface area contributed by atoms with Gasteiger partial charge in [0.05, 0.1) is 11.4 Å². The predicted octanol–water partition coefficient (Wildman–Crippen LogP) is 2.68. The quantitative estimate of drug-likeness (QED) is 0.939. The van der Waals surface area contributed by atoms with Gasteiger partial charge in [-0.15, -0.1) is 0 Å². The van der Waals surface area contributed by atoms with Gasteiger partial charge in [-0.2, -0.15) is 5.10 Å². The first kappa shape index (κ1) is 13.7. The number of hydrogen-bond acceptors (Lipinski definition) is 3. The highest BCUT2D eigenvalue weighted by Crippen LogP contribution is 2.27. The lowest BCUT2D eigenvalue weighted by molar-refractivity contribution is -0.116. The Balaban J connectivity index is 1.73. The van der Waals surface area contributed by atoms with E-state index in [1.807, 2.05) is 35.9 Å². The van der Waals surface area contributed by atoms with Crippen LogP contribution in [0.5, 0.6) is 5.75 Å². The number of anilines is 1. The van der Waals surface area contributed by atoms with Crippen molar-refractivity contribution in [2.75, 3.05) is 5.32 Å². The van der Waals surface area contributed by atoms with Crippen molar-refractivity contribution in [1.82, 2.24) is 9.78 Å². The Morgan fingerprint density at radius 1 is 1.33 bits per heavy atom. The molecular weight excluding hydrogens is 266 g/mol. The molecule has 5 nitrogen and oxygen atoms in total. The average molecular weight is 285 g/mol. The van der Waals surface area contributed by atoms with Crippen LogP contribution in [0, 0.1) is 6.92 Å². The number of rotatable bonds is 4. The van der Waals surface area contributed by atoms with Crippen LogP contribution in [0.3, 0.4) is 0 Å². The molecule has 1 N–H and O–H groups in total. The van der Waals surface area contributed by atoms with E-state index in [2.05, 4.69) is 17.3 Å². The van der Waals surface area contributed by atoms with Crippen molar-refractivity contribution in [3.63, 3.8) is 0 Å². The van der Waals surface area contributed by atoms with Gasteiger partial charge in [0.15, 0.2) is 0 Å². The Hall–Kier alpha value is -2.30. The standard InChI is InChI=1S/C16H19N3O2/c1-3-19-13(8-11(2)18-19)10-21-14-6-4-12-5-7-16(20)17-15(12)9-14/h4,6,8-9H,3,5,7,10H2,1-2H3,(H,17,20). The number of ether oxygens (including phenoxy) is 1. The van der Waals surface area contributed by atoms with E-state index in [0.717, 1.165) is 41.4 Å². The van der Waals surface area contributed by atoms with Gasteiger partial charge in [-0.3, -0.25) is 9.48 Å². The van der Waals surface area contributed by atoms with Crippen LogP contribution in [0.15, 0.2) is 24.3 Å². The summed E-state index contributed by atoms with van der Waals surface area (Å²) in [6, 6.07) is 7.90. The summed E-state index contributed by atoms with van der Waals surface area (Å²) < 4.78 is 7.78.